The van der Waals surface area contributed by atoms with Crippen molar-refractivity contribution in [1.82, 2.24) is 4.98 Å². The fourth-order valence-corrected chi connectivity index (χ4v) is 2.07. The summed E-state index contributed by atoms with van der Waals surface area (Å²) in [5.74, 6) is 4.18. The first-order valence-corrected chi connectivity index (χ1v) is 6.18. The Morgan fingerprint density at radius 2 is 2.42 bits per heavy atom. The molecule has 2 N–H and O–H groups in total. The number of aliphatic hydroxyl groups excluding tert-OH is 1. The number of nitrogens with one attached hydrogen (secondary N) is 1. The molecule has 0 aliphatic rings. The molecule has 2 aromatic heterocycles. The number of anilines is 1. The molecule has 2 aromatic rings. The van der Waals surface area contributed by atoms with E-state index < -0.39 is 11.7 Å². The molecule has 6 heteroatoms. The summed E-state index contributed by atoms with van der Waals surface area (Å²) in [5, 5.41) is 12.6. The number of hydrogen-bond donors (Lipinski definition) is 2. The molecule has 0 bridgehead atoms. The number of amides is 1. The minimum Gasteiger partial charge on any atom is -0.384 e. The van der Waals surface area contributed by atoms with Gasteiger partial charge in [0, 0.05) is 11.6 Å². The van der Waals surface area contributed by atoms with Crippen molar-refractivity contribution in [2.75, 3.05) is 11.9 Å². The molecule has 0 aliphatic heterocycles. The van der Waals surface area contributed by atoms with Gasteiger partial charge in [0.25, 0.3) is 5.91 Å². The molecule has 0 fully saturated rings. The lowest BCUT2D eigenvalue weighted by Gasteiger charge is -2.03. The van der Waals surface area contributed by atoms with Gasteiger partial charge in [-0.25, -0.2) is 4.39 Å². The van der Waals surface area contributed by atoms with Gasteiger partial charge in [-0.1, -0.05) is 11.8 Å². The van der Waals surface area contributed by atoms with Crippen LogP contribution in [0.3, 0.4) is 0 Å². The highest BCUT2D eigenvalue weighted by molar-refractivity contribution is 7.10. The van der Waals surface area contributed by atoms with E-state index in [2.05, 4.69) is 22.1 Å². The first kappa shape index (κ1) is 13.2. The number of carbonyl (C=O) groups is 1. The lowest BCUT2D eigenvalue weighted by Crippen LogP contribution is -2.12. The van der Waals surface area contributed by atoms with Crippen molar-refractivity contribution in [2.45, 2.75) is 0 Å². The fraction of sp³-hybridized carbons (Fsp3) is 0.0769. The van der Waals surface area contributed by atoms with E-state index in [0.29, 0.717) is 10.4 Å². The van der Waals surface area contributed by atoms with Gasteiger partial charge in [-0.15, -0.1) is 11.3 Å². The zero-order chi connectivity index (χ0) is 13.7. The molecule has 19 heavy (non-hydrogen) atoms. The standard InChI is InChI=1S/C13H9FN2O2S/c14-11-7-15-4-3-12(11)16-13(18)9-6-10(19-8-9)2-1-5-17/h3-4,6-8,17H,5H2,(H,15,16,18). The van der Waals surface area contributed by atoms with Crippen LogP contribution in [-0.4, -0.2) is 22.6 Å². The molecule has 0 aromatic carbocycles. The maximum atomic E-state index is 13.3. The Bertz CT molecular complexity index is 658. The molecule has 0 atom stereocenters. The van der Waals surface area contributed by atoms with Crippen molar-refractivity contribution >= 4 is 22.9 Å². The molecular formula is C13H9FN2O2S. The van der Waals surface area contributed by atoms with Gasteiger partial charge in [-0.3, -0.25) is 9.78 Å². The van der Waals surface area contributed by atoms with Gasteiger partial charge >= 0.3 is 0 Å². The predicted molar refractivity (Wildman–Crippen MR) is 70.4 cm³/mol. The van der Waals surface area contributed by atoms with E-state index in [9.17, 15) is 9.18 Å². The summed E-state index contributed by atoms with van der Waals surface area (Å²) in [4.78, 5) is 16.1. The summed E-state index contributed by atoms with van der Waals surface area (Å²) in [6.45, 7) is -0.234. The molecule has 0 aliphatic carbocycles. The number of aromatic nitrogens is 1. The van der Waals surface area contributed by atoms with Crippen molar-refractivity contribution in [3.63, 3.8) is 0 Å². The summed E-state index contributed by atoms with van der Waals surface area (Å²) < 4.78 is 13.3. The van der Waals surface area contributed by atoms with Crippen LogP contribution in [-0.2, 0) is 0 Å². The van der Waals surface area contributed by atoms with Crippen LogP contribution in [0.1, 0.15) is 15.2 Å². The number of aliphatic hydroxyl groups is 1. The molecule has 0 saturated carbocycles. The molecular weight excluding hydrogens is 267 g/mol. The van der Waals surface area contributed by atoms with Crippen LogP contribution in [0.15, 0.2) is 29.9 Å². The molecule has 96 valence electrons. The molecule has 0 unspecified atom stereocenters. The largest absolute Gasteiger partial charge is 0.384 e. The van der Waals surface area contributed by atoms with Gasteiger partial charge in [0.2, 0.25) is 0 Å². The Labute approximate surface area is 112 Å². The molecule has 0 radical (unpaired) electrons. The minimum absolute atomic E-state index is 0.0780. The molecule has 0 saturated heterocycles. The SMILES string of the molecule is O=C(Nc1ccncc1F)c1csc(C#CCO)c1. The van der Waals surface area contributed by atoms with Crippen LogP contribution in [0, 0.1) is 17.7 Å². The average Bonchev–Trinajstić information content (AvgIpc) is 2.88. The summed E-state index contributed by atoms with van der Waals surface area (Å²) in [7, 11) is 0. The first-order valence-electron chi connectivity index (χ1n) is 5.30. The van der Waals surface area contributed by atoms with Gasteiger partial charge in [0.1, 0.15) is 6.61 Å². The van der Waals surface area contributed by atoms with E-state index >= 15 is 0 Å². The van der Waals surface area contributed by atoms with Crippen LogP contribution < -0.4 is 5.32 Å². The van der Waals surface area contributed by atoms with Crippen LogP contribution in [0.5, 0.6) is 0 Å². The van der Waals surface area contributed by atoms with Crippen molar-refractivity contribution in [3.8, 4) is 11.8 Å². The third-order valence-corrected chi connectivity index (χ3v) is 3.02. The van der Waals surface area contributed by atoms with Gasteiger partial charge in [0.15, 0.2) is 5.82 Å². The Morgan fingerprint density at radius 1 is 1.58 bits per heavy atom. The number of carbonyl (C=O) groups excluding carboxylic acids is 1. The Hall–Kier alpha value is -2.23. The highest BCUT2D eigenvalue weighted by Crippen LogP contribution is 2.17. The normalized spacial score (nSPS) is 9.58. The van der Waals surface area contributed by atoms with Crippen molar-refractivity contribution in [2.24, 2.45) is 0 Å². The summed E-state index contributed by atoms with van der Waals surface area (Å²) in [6, 6.07) is 2.97. The topological polar surface area (TPSA) is 62.2 Å². The first-order chi connectivity index (χ1) is 9.20. The van der Waals surface area contributed by atoms with Crippen molar-refractivity contribution in [1.29, 1.82) is 0 Å². The quantitative estimate of drug-likeness (QED) is 0.823. The van der Waals surface area contributed by atoms with Crippen molar-refractivity contribution in [3.05, 3.63) is 46.2 Å². The van der Waals surface area contributed by atoms with E-state index in [-0.39, 0.29) is 12.3 Å². The maximum Gasteiger partial charge on any atom is 0.256 e. The minimum atomic E-state index is -0.591. The van der Waals surface area contributed by atoms with E-state index in [0.717, 1.165) is 6.20 Å². The van der Waals surface area contributed by atoms with Gasteiger partial charge < -0.3 is 10.4 Å². The lowest BCUT2D eigenvalue weighted by molar-refractivity contribution is 0.102. The smallest absolute Gasteiger partial charge is 0.256 e. The monoisotopic (exact) mass is 276 g/mol. The Kier molecular flexibility index (Phi) is 4.23. The van der Waals surface area contributed by atoms with E-state index in [1.54, 1.807) is 11.4 Å². The average molecular weight is 276 g/mol. The second kappa shape index (κ2) is 6.09. The zero-order valence-corrected chi connectivity index (χ0v) is 10.5. The van der Waals surface area contributed by atoms with E-state index in [4.69, 9.17) is 5.11 Å². The fourth-order valence-electron chi connectivity index (χ4n) is 1.32. The number of rotatable bonds is 2. The lowest BCUT2D eigenvalue weighted by atomic mass is 10.2. The summed E-state index contributed by atoms with van der Waals surface area (Å²) >= 11 is 1.28. The van der Waals surface area contributed by atoms with E-state index in [1.807, 2.05) is 0 Å². The molecule has 0 spiro atoms. The molecule has 2 rings (SSSR count). The predicted octanol–water partition coefficient (Wildman–Crippen LogP) is 1.88. The van der Waals surface area contributed by atoms with Crippen LogP contribution in [0.4, 0.5) is 10.1 Å². The maximum absolute atomic E-state index is 13.3. The number of hydrogen-bond acceptors (Lipinski definition) is 4. The summed E-state index contributed by atoms with van der Waals surface area (Å²) in [6.07, 6.45) is 2.42. The van der Waals surface area contributed by atoms with Crippen molar-refractivity contribution < 1.29 is 14.3 Å². The second-order valence-corrected chi connectivity index (χ2v) is 4.38. The molecule has 2 heterocycles. The number of nitrogens with zero attached hydrogens (tertiary/aromatic N) is 1. The Balaban J connectivity index is 2.12. The van der Waals surface area contributed by atoms with Gasteiger partial charge in [-0.2, -0.15) is 0 Å². The molecule has 4 nitrogen and oxygen atoms in total. The number of halogens is 1. The third-order valence-electron chi connectivity index (χ3n) is 2.17. The van der Waals surface area contributed by atoms with E-state index in [1.165, 1.54) is 23.6 Å². The van der Waals surface area contributed by atoms with Crippen LogP contribution >= 0.6 is 11.3 Å². The second-order valence-electron chi connectivity index (χ2n) is 3.47. The summed E-state index contributed by atoms with van der Waals surface area (Å²) in [5.41, 5.74) is 0.470. The van der Waals surface area contributed by atoms with Gasteiger partial charge in [-0.05, 0) is 12.1 Å². The number of pyridine rings is 1. The van der Waals surface area contributed by atoms with Gasteiger partial charge in [0.05, 0.1) is 22.3 Å². The molecule has 1 amide bonds. The Morgan fingerprint density at radius 3 is 3.16 bits per heavy atom. The third kappa shape index (κ3) is 3.37. The highest BCUT2D eigenvalue weighted by atomic mass is 32.1. The highest BCUT2D eigenvalue weighted by Gasteiger charge is 2.10. The van der Waals surface area contributed by atoms with Crippen LogP contribution in [0.25, 0.3) is 0 Å². The zero-order valence-electron chi connectivity index (χ0n) is 9.68. The van der Waals surface area contributed by atoms with Crippen LogP contribution in [0.2, 0.25) is 0 Å². The number of thiophene rings is 1.